The number of nitrogens with zero attached hydrogens (tertiary/aromatic N) is 3. The van der Waals surface area contributed by atoms with E-state index in [9.17, 15) is 4.79 Å². The standard InChI is InChI=1S/C24H31N5O/c1-5-16(4)20-14-29-21(13-26-23(29)22(28-20)25-12-15(2)3)17-6-8-18(9-7-17)24(30)27-19-10-11-19/h6-9,13-16,19H,5,10-12H2,1-4H3,(H,25,28)(H,27,30). The molecule has 1 unspecified atom stereocenters. The first-order chi connectivity index (χ1) is 14.5. The summed E-state index contributed by atoms with van der Waals surface area (Å²) in [5.74, 6) is 1.71. The Kier molecular flexibility index (Phi) is 5.75. The van der Waals surface area contributed by atoms with Crippen LogP contribution >= 0.6 is 0 Å². The van der Waals surface area contributed by atoms with E-state index >= 15 is 0 Å². The quantitative estimate of drug-likeness (QED) is 0.561. The predicted octanol–water partition coefficient (Wildman–Crippen LogP) is 4.87. The fourth-order valence-electron chi connectivity index (χ4n) is 3.38. The van der Waals surface area contributed by atoms with Gasteiger partial charge in [-0.25, -0.2) is 9.97 Å². The fraction of sp³-hybridized carbons (Fsp3) is 0.458. The second-order valence-electron chi connectivity index (χ2n) is 8.76. The van der Waals surface area contributed by atoms with Crippen molar-refractivity contribution in [1.82, 2.24) is 19.7 Å². The van der Waals surface area contributed by atoms with Crippen LogP contribution in [0.25, 0.3) is 16.9 Å². The lowest BCUT2D eigenvalue weighted by Gasteiger charge is -2.15. The number of rotatable bonds is 8. The molecule has 4 rings (SSSR count). The molecule has 3 aromatic rings. The van der Waals surface area contributed by atoms with E-state index in [1.54, 1.807) is 0 Å². The molecular weight excluding hydrogens is 374 g/mol. The van der Waals surface area contributed by atoms with Crippen molar-refractivity contribution in [1.29, 1.82) is 0 Å². The summed E-state index contributed by atoms with van der Waals surface area (Å²) in [4.78, 5) is 21.8. The van der Waals surface area contributed by atoms with Gasteiger partial charge in [0, 0.05) is 29.9 Å². The maximum atomic E-state index is 12.3. The summed E-state index contributed by atoms with van der Waals surface area (Å²) in [7, 11) is 0. The molecule has 0 saturated heterocycles. The molecule has 1 atom stereocenters. The summed E-state index contributed by atoms with van der Waals surface area (Å²) < 4.78 is 2.12. The fourth-order valence-corrected chi connectivity index (χ4v) is 3.38. The maximum absolute atomic E-state index is 12.3. The Labute approximate surface area is 178 Å². The highest BCUT2D eigenvalue weighted by Crippen LogP contribution is 2.28. The van der Waals surface area contributed by atoms with Crippen LogP contribution in [0.2, 0.25) is 0 Å². The van der Waals surface area contributed by atoms with Crippen LogP contribution in [0.3, 0.4) is 0 Å². The van der Waals surface area contributed by atoms with E-state index in [-0.39, 0.29) is 5.91 Å². The van der Waals surface area contributed by atoms with Crippen LogP contribution in [0.1, 0.15) is 68.9 Å². The summed E-state index contributed by atoms with van der Waals surface area (Å²) in [5.41, 5.74) is 4.60. The van der Waals surface area contributed by atoms with E-state index in [1.807, 2.05) is 30.5 Å². The lowest BCUT2D eigenvalue weighted by Crippen LogP contribution is -2.25. The second kappa shape index (κ2) is 8.46. The van der Waals surface area contributed by atoms with Crippen molar-refractivity contribution in [2.45, 2.75) is 58.9 Å². The molecule has 1 aliphatic carbocycles. The van der Waals surface area contributed by atoms with E-state index in [0.29, 0.717) is 23.4 Å². The van der Waals surface area contributed by atoms with Crippen LogP contribution in [-0.2, 0) is 0 Å². The number of fused-ring (bicyclic) bond motifs is 1. The van der Waals surface area contributed by atoms with Crippen LogP contribution in [0.15, 0.2) is 36.7 Å². The number of aromatic nitrogens is 3. The van der Waals surface area contributed by atoms with Gasteiger partial charge in [-0.3, -0.25) is 9.20 Å². The lowest BCUT2D eigenvalue weighted by molar-refractivity contribution is 0.0951. The second-order valence-corrected chi connectivity index (χ2v) is 8.76. The van der Waals surface area contributed by atoms with Crippen LogP contribution in [0, 0.1) is 5.92 Å². The van der Waals surface area contributed by atoms with Gasteiger partial charge in [0.25, 0.3) is 5.91 Å². The number of imidazole rings is 1. The van der Waals surface area contributed by atoms with Crippen molar-refractivity contribution in [3.63, 3.8) is 0 Å². The molecular formula is C24H31N5O. The summed E-state index contributed by atoms with van der Waals surface area (Å²) in [6, 6.07) is 8.13. The number of carbonyl (C=O) groups is 1. The van der Waals surface area contributed by atoms with Crippen molar-refractivity contribution in [2.75, 3.05) is 11.9 Å². The molecule has 0 spiro atoms. The minimum absolute atomic E-state index is 0.00520. The molecule has 1 aromatic carbocycles. The average Bonchev–Trinajstić information content (AvgIpc) is 3.46. The topological polar surface area (TPSA) is 71.3 Å². The number of anilines is 1. The van der Waals surface area contributed by atoms with Crippen LogP contribution in [-0.4, -0.2) is 32.9 Å². The molecule has 1 saturated carbocycles. The number of amides is 1. The van der Waals surface area contributed by atoms with Crippen molar-refractivity contribution in [2.24, 2.45) is 5.92 Å². The van der Waals surface area contributed by atoms with Gasteiger partial charge in [0.05, 0.1) is 17.6 Å². The zero-order valence-electron chi connectivity index (χ0n) is 18.3. The van der Waals surface area contributed by atoms with Gasteiger partial charge in [-0.05, 0) is 43.2 Å². The first-order valence-corrected chi connectivity index (χ1v) is 11.0. The molecule has 6 nitrogen and oxygen atoms in total. The molecule has 30 heavy (non-hydrogen) atoms. The lowest BCUT2D eigenvalue weighted by atomic mass is 10.1. The average molecular weight is 406 g/mol. The van der Waals surface area contributed by atoms with E-state index in [4.69, 9.17) is 4.98 Å². The van der Waals surface area contributed by atoms with Gasteiger partial charge in [-0.15, -0.1) is 0 Å². The summed E-state index contributed by atoms with van der Waals surface area (Å²) in [5, 5.41) is 6.51. The van der Waals surface area contributed by atoms with Gasteiger partial charge in [-0.1, -0.05) is 39.8 Å². The summed E-state index contributed by atoms with van der Waals surface area (Å²) in [6.07, 6.45) is 7.19. The van der Waals surface area contributed by atoms with Crippen molar-refractivity contribution in [3.05, 3.63) is 47.9 Å². The zero-order valence-corrected chi connectivity index (χ0v) is 18.3. The smallest absolute Gasteiger partial charge is 0.251 e. The van der Waals surface area contributed by atoms with Crippen molar-refractivity contribution in [3.8, 4) is 11.3 Å². The number of carbonyl (C=O) groups excluding carboxylic acids is 1. The van der Waals surface area contributed by atoms with Gasteiger partial charge >= 0.3 is 0 Å². The normalized spacial score (nSPS) is 14.8. The Morgan fingerprint density at radius 2 is 1.93 bits per heavy atom. The zero-order chi connectivity index (χ0) is 21.3. The predicted molar refractivity (Wildman–Crippen MR) is 121 cm³/mol. The van der Waals surface area contributed by atoms with Gasteiger partial charge in [0.15, 0.2) is 11.5 Å². The van der Waals surface area contributed by atoms with E-state index in [1.165, 1.54) is 0 Å². The Bertz CT molecular complexity index is 1030. The minimum atomic E-state index is 0.00520. The molecule has 2 aromatic heterocycles. The number of hydrogen-bond donors (Lipinski definition) is 2. The molecule has 0 aliphatic heterocycles. The molecule has 2 heterocycles. The van der Waals surface area contributed by atoms with Crippen LogP contribution in [0.5, 0.6) is 0 Å². The molecule has 6 heteroatoms. The molecule has 2 N–H and O–H groups in total. The number of hydrogen-bond acceptors (Lipinski definition) is 4. The maximum Gasteiger partial charge on any atom is 0.251 e. The molecule has 0 bridgehead atoms. The molecule has 1 amide bonds. The van der Waals surface area contributed by atoms with Crippen LogP contribution < -0.4 is 10.6 Å². The van der Waals surface area contributed by atoms with Crippen molar-refractivity contribution < 1.29 is 4.79 Å². The highest BCUT2D eigenvalue weighted by Gasteiger charge is 2.23. The van der Waals surface area contributed by atoms with Crippen LogP contribution in [0.4, 0.5) is 5.82 Å². The van der Waals surface area contributed by atoms with Crippen molar-refractivity contribution >= 4 is 17.4 Å². The Hall–Kier alpha value is -2.89. The largest absolute Gasteiger partial charge is 0.367 e. The Balaban J connectivity index is 1.69. The van der Waals surface area contributed by atoms with E-state index in [0.717, 1.165) is 54.2 Å². The highest BCUT2D eigenvalue weighted by molar-refractivity contribution is 5.95. The third-order valence-electron chi connectivity index (χ3n) is 5.66. The Morgan fingerprint density at radius 3 is 2.57 bits per heavy atom. The summed E-state index contributed by atoms with van der Waals surface area (Å²) >= 11 is 0. The highest BCUT2D eigenvalue weighted by atomic mass is 16.1. The Morgan fingerprint density at radius 1 is 1.20 bits per heavy atom. The van der Waals surface area contributed by atoms with Gasteiger partial charge in [0.1, 0.15) is 0 Å². The van der Waals surface area contributed by atoms with Gasteiger partial charge in [0.2, 0.25) is 0 Å². The number of benzene rings is 1. The monoisotopic (exact) mass is 405 g/mol. The molecule has 158 valence electrons. The first-order valence-electron chi connectivity index (χ1n) is 11.0. The molecule has 1 aliphatic rings. The van der Waals surface area contributed by atoms with E-state index in [2.05, 4.69) is 53.9 Å². The first kappa shape index (κ1) is 20.4. The minimum Gasteiger partial charge on any atom is -0.367 e. The van der Waals surface area contributed by atoms with E-state index < -0.39 is 0 Å². The molecule has 1 fully saturated rings. The SMILES string of the molecule is CCC(C)c1cn2c(-c3ccc(C(=O)NC4CC4)cc3)cnc2c(NCC(C)C)n1. The summed E-state index contributed by atoms with van der Waals surface area (Å²) in [6.45, 7) is 9.59. The number of nitrogens with one attached hydrogen (secondary N) is 2. The third-order valence-corrected chi connectivity index (χ3v) is 5.66. The van der Waals surface area contributed by atoms with Gasteiger partial charge < -0.3 is 10.6 Å². The van der Waals surface area contributed by atoms with Gasteiger partial charge in [-0.2, -0.15) is 0 Å². The molecule has 0 radical (unpaired) electrons. The third kappa shape index (κ3) is 4.32.